The molecule has 144 valence electrons. The van der Waals surface area contributed by atoms with Gasteiger partial charge in [-0.3, -0.25) is 4.99 Å². The minimum Gasteiger partial charge on any atom is -0.473 e. The fourth-order valence-electron chi connectivity index (χ4n) is 2.78. The van der Waals surface area contributed by atoms with Crippen molar-refractivity contribution in [2.24, 2.45) is 16.6 Å². The number of pyridine rings is 1. The number of halogens is 1. The van der Waals surface area contributed by atoms with Gasteiger partial charge in [-0.05, 0) is 43.9 Å². The molecule has 1 aliphatic carbocycles. The Balaban J connectivity index is 1.44. The van der Waals surface area contributed by atoms with E-state index >= 15 is 0 Å². The summed E-state index contributed by atoms with van der Waals surface area (Å²) in [5.41, 5.74) is 9.36. The first-order valence-corrected chi connectivity index (χ1v) is 9.58. The molecule has 1 aliphatic rings. The van der Waals surface area contributed by atoms with Gasteiger partial charge in [0.15, 0.2) is 0 Å². The molecule has 28 heavy (non-hydrogen) atoms. The number of rotatable bonds is 7. The molecule has 0 bridgehead atoms. The molecule has 0 atom stereocenters. The average molecular weight is 397 g/mol. The summed E-state index contributed by atoms with van der Waals surface area (Å²) in [7, 11) is 0. The van der Waals surface area contributed by atoms with Crippen LogP contribution in [0, 0.1) is 12.8 Å². The maximum absolute atomic E-state index is 6.03. The van der Waals surface area contributed by atoms with Crippen molar-refractivity contribution in [3.8, 4) is 17.1 Å². The molecular weight excluding hydrogens is 376 g/mol. The molecule has 2 N–H and O–H groups in total. The van der Waals surface area contributed by atoms with Crippen LogP contribution in [-0.4, -0.2) is 22.5 Å². The lowest BCUT2D eigenvalue weighted by Gasteiger charge is -2.07. The molecule has 2 heterocycles. The van der Waals surface area contributed by atoms with Crippen molar-refractivity contribution >= 4 is 17.4 Å². The minimum atomic E-state index is 0.297. The Kier molecular flexibility index (Phi) is 5.30. The molecule has 3 aromatic rings. The van der Waals surface area contributed by atoms with Crippen LogP contribution in [0.4, 0.5) is 0 Å². The maximum Gasteiger partial charge on any atom is 0.213 e. The number of aromatic nitrogens is 2. The molecule has 0 unspecified atom stereocenters. The SMILES string of the molecule is Cc1onc(-c2ccc(Cl)cc2)c1COc1ccc(C(N)=NCC2CC2)cn1. The zero-order valence-electron chi connectivity index (χ0n) is 15.6. The molecule has 0 radical (unpaired) electrons. The van der Waals surface area contributed by atoms with E-state index < -0.39 is 0 Å². The van der Waals surface area contributed by atoms with Crippen LogP contribution in [0.5, 0.6) is 5.88 Å². The summed E-state index contributed by atoms with van der Waals surface area (Å²) in [4.78, 5) is 8.75. The zero-order chi connectivity index (χ0) is 19.5. The number of nitrogens with two attached hydrogens (primary N) is 1. The second kappa shape index (κ2) is 8.02. The summed E-state index contributed by atoms with van der Waals surface area (Å²) in [6, 6.07) is 11.1. The van der Waals surface area contributed by atoms with Crippen LogP contribution >= 0.6 is 11.6 Å². The molecule has 2 aromatic heterocycles. The van der Waals surface area contributed by atoms with Gasteiger partial charge in [0.2, 0.25) is 5.88 Å². The predicted molar refractivity (Wildman–Crippen MR) is 109 cm³/mol. The van der Waals surface area contributed by atoms with Gasteiger partial charge in [-0.15, -0.1) is 0 Å². The Labute approximate surface area is 168 Å². The molecule has 6 nitrogen and oxygen atoms in total. The molecule has 0 aliphatic heterocycles. The first-order valence-electron chi connectivity index (χ1n) is 9.20. The highest BCUT2D eigenvalue weighted by molar-refractivity contribution is 6.30. The van der Waals surface area contributed by atoms with Gasteiger partial charge in [0.25, 0.3) is 0 Å². The number of hydrogen-bond donors (Lipinski definition) is 1. The third-order valence-corrected chi connectivity index (χ3v) is 4.97. The third kappa shape index (κ3) is 4.34. The van der Waals surface area contributed by atoms with Gasteiger partial charge in [0.1, 0.15) is 23.9 Å². The monoisotopic (exact) mass is 396 g/mol. The summed E-state index contributed by atoms with van der Waals surface area (Å²) >= 11 is 5.96. The lowest BCUT2D eigenvalue weighted by molar-refractivity contribution is 0.290. The van der Waals surface area contributed by atoms with Crippen LogP contribution in [-0.2, 0) is 6.61 Å². The quantitative estimate of drug-likeness (QED) is 0.472. The van der Waals surface area contributed by atoms with E-state index in [2.05, 4.69) is 15.1 Å². The fraction of sp³-hybridized carbons (Fsp3) is 0.286. The largest absolute Gasteiger partial charge is 0.473 e. The fourth-order valence-corrected chi connectivity index (χ4v) is 2.90. The van der Waals surface area contributed by atoms with Gasteiger partial charge < -0.3 is 15.0 Å². The summed E-state index contributed by atoms with van der Waals surface area (Å²) < 4.78 is 11.2. The molecule has 0 saturated heterocycles. The van der Waals surface area contributed by atoms with Gasteiger partial charge in [-0.25, -0.2) is 4.98 Å². The van der Waals surface area contributed by atoms with Crippen LogP contribution < -0.4 is 10.5 Å². The van der Waals surface area contributed by atoms with Crippen LogP contribution in [0.1, 0.15) is 29.7 Å². The summed E-state index contributed by atoms with van der Waals surface area (Å²) in [5, 5.41) is 4.83. The summed E-state index contributed by atoms with van der Waals surface area (Å²) in [5.74, 6) is 2.43. The zero-order valence-corrected chi connectivity index (χ0v) is 16.3. The number of aliphatic imine (C=N–C) groups is 1. The smallest absolute Gasteiger partial charge is 0.213 e. The van der Waals surface area contributed by atoms with E-state index in [1.807, 2.05) is 37.3 Å². The molecule has 0 amide bonds. The molecule has 1 fully saturated rings. The van der Waals surface area contributed by atoms with Gasteiger partial charge in [0, 0.05) is 35.0 Å². The topological polar surface area (TPSA) is 86.5 Å². The summed E-state index contributed by atoms with van der Waals surface area (Å²) in [6.07, 6.45) is 4.19. The molecule has 0 spiro atoms. The number of nitrogens with zero attached hydrogens (tertiary/aromatic N) is 3. The lowest BCUT2D eigenvalue weighted by Crippen LogP contribution is -2.14. The molecular formula is C21H21ClN4O2. The first kappa shape index (κ1) is 18.5. The van der Waals surface area contributed by atoms with Crippen molar-refractivity contribution in [3.63, 3.8) is 0 Å². The minimum absolute atomic E-state index is 0.297. The molecule has 1 saturated carbocycles. The normalized spacial score (nSPS) is 14.3. The van der Waals surface area contributed by atoms with Crippen molar-refractivity contribution in [1.29, 1.82) is 0 Å². The Morgan fingerprint density at radius 2 is 2.04 bits per heavy atom. The van der Waals surface area contributed by atoms with Crippen LogP contribution in [0.3, 0.4) is 0 Å². The average Bonchev–Trinajstić information content (AvgIpc) is 3.47. The van der Waals surface area contributed by atoms with E-state index in [-0.39, 0.29) is 0 Å². The standard InChI is InChI=1S/C21H21ClN4O2/c1-13-18(20(26-28-13)15-4-7-17(22)8-5-15)12-27-19-9-6-16(11-24-19)21(23)25-10-14-2-3-14/h4-9,11,14H,2-3,10,12H2,1H3,(H2,23,25). The van der Waals surface area contributed by atoms with E-state index in [1.165, 1.54) is 12.8 Å². The van der Waals surface area contributed by atoms with E-state index in [1.54, 1.807) is 12.3 Å². The van der Waals surface area contributed by atoms with Crippen LogP contribution in [0.2, 0.25) is 5.02 Å². The highest BCUT2D eigenvalue weighted by Crippen LogP contribution is 2.29. The highest BCUT2D eigenvalue weighted by Gasteiger charge is 2.20. The third-order valence-electron chi connectivity index (χ3n) is 4.72. The number of hydrogen-bond acceptors (Lipinski definition) is 5. The van der Waals surface area contributed by atoms with Crippen molar-refractivity contribution in [3.05, 3.63) is 64.5 Å². The highest BCUT2D eigenvalue weighted by atomic mass is 35.5. The van der Waals surface area contributed by atoms with E-state index in [4.69, 9.17) is 26.6 Å². The summed E-state index contributed by atoms with van der Waals surface area (Å²) in [6.45, 7) is 2.95. The van der Waals surface area contributed by atoms with Crippen LogP contribution in [0.25, 0.3) is 11.3 Å². The Hall–Kier alpha value is -2.86. The van der Waals surface area contributed by atoms with Gasteiger partial charge >= 0.3 is 0 Å². The van der Waals surface area contributed by atoms with Gasteiger partial charge in [-0.1, -0.05) is 28.9 Å². The number of amidine groups is 1. The second-order valence-corrected chi connectivity index (χ2v) is 7.35. The van der Waals surface area contributed by atoms with Crippen molar-refractivity contribution < 1.29 is 9.26 Å². The van der Waals surface area contributed by atoms with Crippen molar-refractivity contribution in [2.45, 2.75) is 26.4 Å². The number of ether oxygens (including phenoxy) is 1. The van der Waals surface area contributed by atoms with E-state index in [9.17, 15) is 0 Å². The Morgan fingerprint density at radius 1 is 1.25 bits per heavy atom. The van der Waals surface area contributed by atoms with Gasteiger partial charge in [0.05, 0.1) is 5.56 Å². The molecule has 4 rings (SSSR count). The Bertz CT molecular complexity index is 977. The Morgan fingerprint density at radius 3 is 2.71 bits per heavy atom. The maximum atomic E-state index is 6.03. The second-order valence-electron chi connectivity index (χ2n) is 6.92. The predicted octanol–water partition coefficient (Wildman–Crippen LogP) is 4.39. The van der Waals surface area contributed by atoms with Crippen molar-refractivity contribution in [2.75, 3.05) is 6.54 Å². The number of aryl methyl sites for hydroxylation is 1. The van der Waals surface area contributed by atoms with Crippen molar-refractivity contribution in [1.82, 2.24) is 10.1 Å². The van der Waals surface area contributed by atoms with E-state index in [0.717, 1.165) is 28.9 Å². The van der Waals surface area contributed by atoms with E-state index in [0.29, 0.717) is 35.0 Å². The first-order chi connectivity index (χ1) is 13.6. The van der Waals surface area contributed by atoms with Crippen LogP contribution in [0.15, 0.2) is 52.1 Å². The molecule has 7 heteroatoms. The van der Waals surface area contributed by atoms with Gasteiger partial charge in [-0.2, -0.15) is 0 Å². The molecule has 1 aromatic carbocycles. The number of benzene rings is 1. The lowest BCUT2D eigenvalue weighted by atomic mass is 10.1.